The second kappa shape index (κ2) is 7.61. The van der Waals surface area contributed by atoms with Crippen LogP contribution in [0.25, 0.3) is 0 Å². The van der Waals surface area contributed by atoms with Crippen molar-refractivity contribution in [1.82, 2.24) is 5.32 Å². The van der Waals surface area contributed by atoms with Gasteiger partial charge in [0.15, 0.2) is 0 Å². The molecule has 3 rings (SSSR count). The third kappa shape index (κ3) is 3.76. The molecule has 11 heteroatoms. The van der Waals surface area contributed by atoms with Crippen LogP contribution in [0.15, 0.2) is 42.5 Å². The SMILES string of the molecule is O=C(Nc1ccc([N+](=O)[O-])cc1)C1CNC(=O)N(c2ccc(F)c(Cl)c2)C1=O. The molecule has 1 aliphatic rings. The smallest absolute Gasteiger partial charge is 0.328 e. The van der Waals surface area contributed by atoms with Gasteiger partial charge in [-0.25, -0.2) is 14.1 Å². The number of amides is 4. The van der Waals surface area contributed by atoms with Crippen LogP contribution in [0.2, 0.25) is 5.02 Å². The van der Waals surface area contributed by atoms with E-state index in [0.29, 0.717) is 4.90 Å². The summed E-state index contributed by atoms with van der Waals surface area (Å²) in [5.74, 6) is -3.50. The lowest BCUT2D eigenvalue weighted by atomic mass is 10.0. The lowest BCUT2D eigenvalue weighted by molar-refractivity contribution is -0.384. The zero-order valence-electron chi connectivity index (χ0n) is 14.0. The lowest BCUT2D eigenvalue weighted by Gasteiger charge is -2.30. The van der Waals surface area contributed by atoms with E-state index in [4.69, 9.17) is 11.6 Å². The number of hydrogen-bond acceptors (Lipinski definition) is 5. The van der Waals surface area contributed by atoms with Gasteiger partial charge in [-0.2, -0.15) is 0 Å². The molecular formula is C17H12ClFN4O5. The van der Waals surface area contributed by atoms with Gasteiger partial charge in [0.25, 0.3) is 5.69 Å². The van der Waals surface area contributed by atoms with Crippen LogP contribution in [0.3, 0.4) is 0 Å². The fourth-order valence-corrected chi connectivity index (χ4v) is 2.76. The summed E-state index contributed by atoms with van der Waals surface area (Å²) in [4.78, 5) is 48.0. The normalized spacial score (nSPS) is 16.5. The largest absolute Gasteiger partial charge is 0.336 e. The van der Waals surface area contributed by atoms with Gasteiger partial charge in [0.05, 0.1) is 15.6 Å². The highest BCUT2D eigenvalue weighted by atomic mass is 35.5. The van der Waals surface area contributed by atoms with Gasteiger partial charge in [0.1, 0.15) is 11.7 Å². The lowest BCUT2D eigenvalue weighted by Crippen LogP contribution is -2.58. The molecular weight excluding hydrogens is 395 g/mol. The molecule has 4 amide bonds. The molecule has 1 saturated heterocycles. The molecule has 0 spiro atoms. The molecule has 0 radical (unpaired) electrons. The van der Waals surface area contributed by atoms with Gasteiger partial charge in [-0.3, -0.25) is 19.7 Å². The van der Waals surface area contributed by atoms with Crippen LogP contribution in [0.1, 0.15) is 0 Å². The van der Waals surface area contributed by atoms with Gasteiger partial charge >= 0.3 is 6.03 Å². The maximum absolute atomic E-state index is 13.3. The summed E-state index contributed by atoms with van der Waals surface area (Å²) in [6.45, 7) is -0.234. The number of halogens is 2. The van der Waals surface area contributed by atoms with E-state index in [2.05, 4.69) is 10.6 Å². The number of urea groups is 1. The minimum absolute atomic E-state index is 0.0155. The summed E-state index contributed by atoms with van der Waals surface area (Å²) in [6, 6.07) is 7.56. The van der Waals surface area contributed by atoms with E-state index in [1.807, 2.05) is 0 Å². The van der Waals surface area contributed by atoms with Crippen LogP contribution in [0, 0.1) is 21.8 Å². The third-order valence-corrected chi connectivity index (χ3v) is 4.29. The topological polar surface area (TPSA) is 122 Å². The molecule has 1 unspecified atom stereocenters. The van der Waals surface area contributed by atoms with Crippen LogP contribution in [0.4, 0.5) is 26.2 Å². The number of benzene rings is 2. The molecule has 28 heavy (non-hydrogen) atoms. The minimum Gasteiger partial charge on any atom is -0.336 e. The first-order valence-electron chi connectivity index (χ1n) is 7.90. The number of hydrogen-bond donors (Lipinski definition) is 2. The van der Waals surface area contributed by atoms with Crippen LogP contribution in [0.5, 0.6) is 0 Å². The zero-order valence-corrected chi connectivity index (χ0v) is 14.8. The van der Waals surface area contributed by atoms with Crippen LogP contribution in [-0.2, 0) is 9.59 Å². The molecule has 1 fully saturated rings. The van der Waals surface area contributed by atoms with E-state index in [1.165, 1.54) is 30.3 Å². The first kappa shape index (κ1) is 19.2. The van der Waals surface area contributed by atoms with Crippen molar-refractivity contribution in [2.24, 2.45) is 5.92 Å². The van der Waals surface area contributed by atoms with Crippen LogP contribution < -0.4 is 15.5 Å². The molecule has 2 aromatic rings. The molecule has 2 aromatic carbocycles. The van der Waals surface area contributed by atoms with Crippen molar-refractivity contribution in [2.75, 3.05) is 16.8 Å². The average Bonchev–Trinajstić information content (AvgIpc) is 2.65. The summed E-state index contributed by atoms with van der Waals surface area (Å²) >= 11 is 5.70. The summed E-state index contributed by atoms with van der Waals surface area (Å²) in [6.07, 6.45) is 0. The molecule has 0 bridgehead atoms. The number of nitrogens with zero attached hydrogens (tertiary/aromatic N) is 2. The fraction of sp³-hybridized carbons (Fsp3) is 0.118. The van der Waals surface area contributed by atoms with E-state index in [9.17, 15) is 28.9 Å². The molecule has 1 heterocycles. The zero-order chi connectivity index (χ0) is 20.4. The predicted molar refractivity (Wildman–Crippen MR) is 97.5 cm³/mol. The van der Waals surface area contributed by atoms with Crippen molar-refractivity contribution in [1.29, 1.82) is 0 Å². The van der Waals surface area contributed by atoms with Crippen molar-refractivity contribution >= 4 is 46.5 Å². The van der Waals surface area contributed by atoms with Gasteiger partial charge in [0.2, 0.25) is 11.8 Å². The molecule has 0 aliphatic carbocycles. The Morgan fingerprint density at radius 1 is 1.25 bits per heavy atom. The Hall–Kier alpha value is -3.53. The Balaban J connectivity index is 1.79. The van der Waals surface area contributed by atoms with Gasteiger partial charge in [-0.05, 0) is 30.3 Å². The highest BCUT2D eigenvalue weighted by molar-refractivity contribution is 6.31. The summed E-state index contributed by atoms with van der Waals surface area (Å²) in [5, 5.41) is 15.3. The maximum atomic E-state index is 13.3. The van der Waals surface area contributed by atoms with Gasteiger partial charge in [-0.15, -0.1) is 0 Å². The Labute approximate surface area is 162 Å². The van der Waals surface area contributed by atoms with E-state index >= 15 is 0 Å². The molecule has 9 nitrogen and oxygen atoms in total. The number of carbonyl (C=O) groups excluding carboxylic acids is 3. The highest BCUT2D eigenvalue weighted by Gasteiger charge is 2.39. The molecule has 144 valence electrons. The summed E-state index contributed by atoms with van der Waals surface area (Å²) < 4.78 is 13.3. The van der Waals surface area contributed by atoms with Crippen LogP contribution in [-0.4, -0.2) is 29.3 Å². The number of anilines is 2. The van der Waals surface area contributed by atoms with E-state index in [1.54, 1.807) is 0 Å². The van der Waals surface area contributed by atoms with Crippen molar-refractivity contribution in [2.45, 2.75) is 0 Å². The number of carbonyl (C=O) groups is 3. The number of non-ortho nitro benzene ring substituents is 1. The molecule has 1 aliphatic heterocycles. The van der Waals surface area contributed by atoms with Gasteiger partial charge < -0.3 is 10.6 Å². The number of nitro benzene ring substituents is 1. The first-order chi connectivity index (χ1) is 13.3. The number of rotatable bonds is 4. The monoisotopic (exact) mass is 406 g/mol. The Morgan fingerprint density at radius 3 is 2.54 bits per heavy atom. The summed E-state index contributed by atoms with van der Waals surface area (Å²) in [5.41, 5.74) is 0.108. The predicted octanol–water partition coefficient (Wildman–Crippen LogP) is 2.70. The average molecular weight is 407 g/mol. The van der Waals surface area contributed by atoms with Crippen LogP contribution >= 0.6 is 11.6 Å². The Kier molecular flexibility index (Phi) is 5.23. The number of imide groups is 1. The molecule has 0 saturated carbocycles. The van der Waals surface area contributed by atoms with Gasteiger partial charge in [-0.1, -0.05) is 11.6 Å². The van der Waals surface area contributed by atoms with Crippen molar-refractivity contribution in [3.8, 4) is 0 Å². The Bertz CT molecular complexity index is 982. The quantitative estimate of drug-likeness (QED) is 0.459. The second-order valence-electron chi connectivity index (χ2n) is 5.80. The second-order valence-corrected chi connectivity index (χ2v) is 6.21. The molecule has 2 N–H and O–H groups in total. The number of nitro groups is 1. The van der Waals surface area contributed by atoms with Crippen molar-refractivity contribution < 1.29 is 23.7 Å². The first-order valence-corrected chi connectivity index (χ1v) is 8.28. The third-order valence-electron chi connectivity index (χ3n) is 4.00. The standard InChI is InChI=1S/C17H12ClFN4O5/c18-13-7-11(5-6-14(13)19)22-16(25)12(8-20-17(22)26)15(24)21-9-1-3-10(4-2-9)23(27)28/h1-7,12H,8H2,(H,20,26)(H,21,24). The van der Waals surface area contributed by atoms with E-state index in [0.717, 1.165) is 12.1 Å². The highest BCUT2D eigenvalue weighted by Crippen LogP contribution is 2.26. The maximum Gasteiger partial charge on any atom is 0.328 e. The van der Waals surface area contributed by atoms with Crippen molar-refractivity contribution in [3.05, 3.63) is 63.4 Å². The van der Waals surface area contributed by atoms with Gasteiger partial charge in [0, 0.05) is 24.4 Å². The van der Waals surface area contributed by atoms with E-state index < -0.39 is 34.5 Å². The summed E-state index contributed by atoms with van der Waals surface area (Å²) in [7, 11) is 0. The van der Waals surface area contributed by atoms with Crippen molar-refractivity contribution in [3.63, 3.8) is 0 Å². The number of nitrogens with one attached hydrogen (secondary N) is 2. The Morgan fingerprint density at radius 2 is 1.93 bits per heavy atom. The minimum atomic E-state index is -1.25. The molecule has 1 atom stereocenters. The fourth-order valence-electron chi connectivity index (χ4n) is 2.58. The van der Waals surface area contributed by atoms with E-state index in [-0.39, 0.29) is 28.6 Å². The molecule has 0 aromatic heterocycles.